The maximum absolute atomic E-state index is 2.63. The van der Waals surface area contributed by atoms with Crippen LogP contribution in [0.25, 0.3) is 0 Å². The summed E-state index contributed by atoms with van der Waals surface area (Å²) in [7, 11) is 0. The molecular weight excluding hydrogens is 544 g/mol. The van der Waals surface area contributed by atoms with E-state index in [0.29, 0.717) is 0 Å². The Bertz CT molecular complexity index is 692. The topological polar surface area (TPSA) is 8.81 Å². The molecule has 0 aliphatic carbocycles. The molecule has 0 saturated carbocycles. The standard InChI is InChI=1S/C43H85N2/c1-4-7-10-13-16-18-20-21-22-23-24-25-27-29-31-34-37-40-45-42-41-44(43(45)38-35-32-15-12-9-6-3)39-36-33-30-28-26-19-17-14-11-8-5-2/h41-42H,4-40H2,1-3H3/q+1. The molecule has 45 heavy (non-hydrogen) atoms. The van der Waals surface area contributed by atoms with Crippen LogP contribution < -0.4 is 4.57 Å². The Labute approximate surface area is 285 Å². The van der Waals surface area contributed by atoms with Gasteiger partial charge in [0.1, 0.15) is 12.4 Å². The summed E-state index contributed by atoms with van der Waals surface area (Å²) in [4.78, 5) is 0. The van der Waals surface area contributed by atoms with Crippen molar-refractivity contribution in [3.63, 3.8) is 0 Å². The lowest BCUT2D eigenvalue weighted by Gasteiger charge is -2.07. The number of aromatic nitrogens is 2. The summed E-state index contributed by atoms with van der Waals surface area (Å²) >= 11 is 0. The van der Waals surface area contributed by atoms with E-state index in [1.807, 2.05) is 0 Å². The third kappa shape index (κ3) is 26.9. The smallest absolute Gasteiger partial charge is 0.234 e. The number of unbranched alkanes of at least 4 members (excludes halogenated alkanes) is 31. The lowest BCUT2D eigenvalue weighted by Crippen LogP contribution is -2.37. The van der Waals surface area contributed by atoms with Crippen molar-refractivity contribution in [3.8, 4) is 0 Å². The lowest BCUT2D eigenvalue weighted by molar-refractivity contribution is -0.704. The van der Waals surface area contributed by atoms with E-state index in [9.17, 15) is 0 Å². The van der Waals surface area contributed by atoms with Crippen molar-refractivity contribution in [1.82, 2.24) is 4.57 Å². The molecule has 266 valence electrons. The van der Waals surface area contributed by atoms with Crippen LogP contribution in [0, 0.1) is 0 Å². The molecule has 0 amide bonds. The molecule has 0 radical (unpaired) electrons. The number of nitrogens with zero attached hydrogens (tertiary/aromatic N) is 2. The molecule has 1 rings (SSSR count). The molecule has 2 nitrogen and oxygen atoms in total. The highest BCUT2D eigenvalue weighted by Gasteiger charge is 2.16. The second kappa shape index (κ2) is 34.5. The minimum Gasteiger partial charge on any atom is -0.234 e. The molecular formula is C43H85N2+. The summed E-state index contributed by atoms with van der Waals surface area (Å²) in [5.41, 5.74) is 0. The van der Waals surface area contributed by atoms with Gasteiger partial charge in [0.05, 0.1) is 13.1 Å². The van der Waals surface area contributed by atoms with E-state index in [1.165, 1.54) is 238 Å². The second-order valence-corrected chi connectivity index (χ2v) is 14.8. The van der Waals surface area contributed by atoms with Gasteiger partial charge in [-0.3, -0.25) is 0 Å². The largest absolute Gasteiger partial charge is 0.256 e. The van der Waals surface area contributed by atoms with Crippen LogP contribution in [0.4, 0.5) is 0 Å². The average Bonchev–Trinajstić information content (AvgIpc) is 3.43. The van der Waals surface area contributed by atoms with E-state index < -0.39 is 0 Å². The normalized spacial score (nSPS) is 11.6. The van der Waals surface area contributed by atoms with Crippen LogP contribution in [0.5, 0.6) is 0 Å². The number of hydrogen-bond donors (Lipinski definition) is 0. The Kier molecular flexibility index (Phi) is 32.4. The van der Waals surface area contributed by atoms with Crippen LogP contribution in [0.3, 0.4) is 0 Å². The van der Waals surface area contributed by atoms with Gasteiger partial charge < -0.3 is 0 Å². The van der Waals surface area contributed by atoms with Crippen LogP contribution in [0.2, 0.25) is 0 Å². The van der Waals surface area contributed by atoms with E-state index in [0.717, 1.165) is 0 Å². The molecule has 0 aliphatic rings. The maximum atomic E-state index is 2.63. The van der Waals surface area contributed by atoms with Gasteiger partial charge in [-0.2, -0.15) is 0 Å². The molecule has 0 bridgehead atoms. The minimum absolute atomic E-state index is 1.23. The Morgan fingerprint density at radius 1 is 0.378 bits per heavy atom. The van der Waals surface area contributed by atoms with Crippen LogP contribution in [-0.4, -0.2) is 4.57 Å². The van der Waals surface area contributed by atoms with Crippen LogP contribution in [0.15, 0.2) is 12.4 Å². The van der Waals surface area contributed by atoms with Gasteiger partial charge in [0.2, 0.25) is 0 Å². The molecule has 1 aromatic heterocycles. The zero-order valence-corrected chi connectivity index (χ0v) is 31.7. The number of rotatable bonds is 37. The first-order valence-electron chi connectivity index (χ1n) is 21.4. The Balaban J connectivity index is 2.17. The van der Waals surface area contributed by atoms with Gasteiger partial charge in [-0.05, 0) is 32.1 Å². The zero-order valence-electron chi connectivity index (χ0n) is 31.7. The zero-order chi connectivity index (χ0) is 32.3. The van der Waals surface area contributed by atoms with Crippen LogP contribution in [-0.2, 0) is 19.5 Å². The lowest BCUT2D eigenvalue weighted by atomic mass is 10.0. The third-order valence-electron chi connectivity index (χ3n) is 10.3. The summed E-state index contributed by atoms with van der Waals surface area (Å²) in [5, 5.41) is 0. The van der Waals surface area contributed by atoms with Crippen molar-refractivity contribution in [2.24, 2.45) is 0 Å². The Hall–Kier alpha value is -0.790. The van der Waals surface area contributed by atoms with Gasteiger partial charge in [0, 0.05) is 6.42 Å². The highest BCUT2D eigenvalue weighted by atomic mass is 15.1. The third-order valence-corrected chi connectivity index (χ3v) is 10.3. The van der Waals surface area contributed by atoms with E-state index in [1.54, 1.807) is 5.82 Å². The Morgan fingerprint density at radius 3 is 1.07 bits per heavy atom. The predicted octanol–water partition coefficient (Wildman–Crippen LogP) is 14.6. The molecule has 0 spiro atoms. The van der Waals surface area contributed by atoms with Gasteiger partial charge in [-0.15, -0.1) is 0 Å². The van der Waals surface area contributed by atoms with Gasteiger partial charge in [-0.25, -0.2) is 9.13 Å². The van der Waals surface area contributed by atoms with Gasteiger partial charge in [0.25, 0.3) is 5.82 Å². The van der Waals surface area contributed by atoms with Crippen molar-refractivity contribution in [3.05, 3.63) is 18.2 Å². The first-order chi connectivity index (χ1) is 22.3. The first-order valence-corrected chi connectivity index (χ1v) is 21.4. The fraction of sp³-hybridized carbons (Fsp3) is 0.930. The van der Waals surface area contributed by atoms with Crippen molar-refractivity contribution in [1.29, 1.82) is 0 Å². The van der Waals surface area contributed by atoms with Gasteiger partial charge in [0.15, 0.2) is 0 Å². The molecule has 0 aromatic carbocycles. The van der Waals surface area contributed by atoms with E-state index >= 15 is 0 Å². The van der Waals surface area contributed by atoms with E-state index in [2.05, 4.69) is 42.3 Å². The molecule has 0 fully saturated rings. The summed E-state index contributed by atoms with van der Waals surface area (Å²) in [6.07, 6.45) is 54.9. The molecule has 0 atom stereocenters. The summed E-state index contributed by atoms with van der Waals surface area (Å²) in [6, 6.07) is 0. The monoisotopic (exact) mass is 630 g/mol. The van der Waals surface area contributed by atoms with Crippen molar-refractivity contribution >= 4 is 0 Å². The predicted molar refractivity (Wildman–Crippen MR) is 202 cm³/mol. The summed E-state index contributed by atoms with van der Waals surface area (Å²) in [5.74, 6) is 1.62. The number of hydrogen-bond acceptors (Lipinski definition) is 0. The molecule has 2 heteroatoms. The molecule has 0 N–H and O–H groups in total. The molecule has 0 unspecified atom stereocenters. The van der Waals surface area contributed by atoms with Crippen molar-refractivity contribution in [2.75, 3.05) is 0 Å². The highest BCUT2D eigenvalue weighted by molar-refractivity contribution is 4.84. The molecule has 1 heterocycles. The van der Waals surface area contributed by atoms with Crippen molar-refractivity contribution in [2.45, 2.75) is 259 Å². The van der Waals surface area contributed by atoms with Gasteiger partial charge >= 0.3 is 0 Å². The highest BCUT2D eigenvalue weighted by Crippen LogP contribution is 2.16. The molecule has 1 aromatic rings. The SMILES string of the molecule is CCCCCCCCCCCCCCCCCCCn1cc[n+](CCCCCCCCCCCCC)c1CCCCCCCC. The van der Waals surface area contributed by atoms with Crippen molar-refractivity contribution < 1.29 is 4.57 Å². The fourth-order valence-corrected chi connectivity index (χ4v) is 7.21. The Morgan fingerprint density at radius 2 is 0.689 bits per heavy atom. The minimum atomic E-state index is 1.23. The number of imidazole rings is 1. The quantitative estimate of drug-likeness (QED) is 0.0511. The average molecular weight is 630 g/mol. The summed E-state index contributed by atoms with van der Waals surface area (Å²) in [6.45, 7) is 9.41. The molecule has 0 aliphatic heterocycles. The van der Waals surface area contributed by atoms with Crippen LogP contribution in [0.1, 0.15) is 245 Å². The first kappa shape index (κ1) is 42.2. The van der Waals surface area contributed by atoms with Crippen LogP contribution >= 0.6 is 0 Å². The second-order valence-electron chi connectivity index (χ2n) is 14.8. The number of aryl methyl sites for hydroxylation is 2. The van der Waals surface area contributed by atoms with E-state index in [-0.39, 0.29) is 0 Å². The maximum Gasteiger partial charge on any atom is 0.256 e. The molecule has 0 saturated heterocycles. The van der Waals surface area contributed by atoms with E-state index in [4.69, 9.17) is 0 Å². The van der Waals surface area contributed by atoms with Gasteiger partial charge in [-0.1, -0.05) is 207 Å². The summed E-state index contributed by atoms with van der Waals surface area (Å²) < 4.78 is 5.27. The fourth-order valence-electron chi connectivity index (χ4n) is 7.21.